The minimum atomic E-state index is -3.59. The number of anilines is 1. The molecule has 8 nitrogen and oxygen atoms in total. The van der Waals surface area contributed by atoms with Crippen LogP contribution in [0.5, 0.6) is 5.75 Å². The Morgan fingerprint density at radius 3 is 2.28 bits per heavy atom. The molecule has 0 bridgehead atoms. The summed E-state index contributed by atoms with van der Waals surface area (Å²) in [5.74, 6) is 2.22. The number of hydrogen-bond donors (Lipinski definition) is 1. The molecule has 2 aromatic carbocycles. The van der Waals surface area contributed by atoms with Crippen molar-refractivity contribution in [1.29, 1.82) is 5.26 Å². The number of hydrogen-bond acceptors (Lipinski definition) is 6. The van der Waals surface area contributed by atoms with Crippen LogP contribution in [-0.4, -0.2) is 45.5 Å². The van der Waals surface area contributed by atoms with E-state index in [4.69, 9.17) is 14.2 Å². The summed E-state index contributed by atoms with van der Waals surface area (Å²) >= 11 is 0. The number of nitriles is 1. The van der Waals surface area contributed by atoms with E-state index in [1.807, 2.05) is 24.3 Å². The highest BCUT2D eigenvalue weighted by Gasteiger charge is 2.29. The third-order valence-corrected chi connectivity index (χ3v) is 9.32. The van der Waals surface area contributed by atoms with Gasteiger partial charge in [-0.05, 0) is 67.9 Å². The van der Waals surface area contributed by atoms with Gasteiger partial charge in [-0.25, -0.2) is 8.42 Å². The molecule has 1 aliphatic carbocycles. The second kappa shape index (κ2) is 11.2. The number of ether oxygens (including phenoxy) is 3. The molecule has 2 aliphatic heterocycles. The van der Waals surface area contributed by atoms with E-state index < -0.39 is 10.0 Å². The topological polar surface area (TPSA) is 103 Å². The van der Waals surface area contributed by atoms with Gasteiger partial charge >= 0.3 is 0 Å². The van der Waals surface area contributed by atoms with Crippen molar-refractivity contribution >= 4 is 26.6 Å². The van der Waals surface area contributed by atoms with Crippen molar-refractivity contribution in [2.24, 2.45) is 5.92 Å². The van der Waals surface area contributed by atoms with Gasteiger partial charge in [-0.2, -0.15) is 5.26 Å². The number of sulfonamides is 1. The molecule has 0 spiro atoms. The molecule has 1 N–H and O–H groups in total. The fourth-order valence-electron chi connectivity index (χ4n) is 5.77. The molecule has 1 saturated carbocycles. The molecule has 3 aromatic rings. The summed E-state index contributed by atoms with van der Waals surface area (Å²) in [6.07, 6.45) is 6.60. The largest absolute Gasteiger partial charge is 0.490 e. The van der Waals surface area contributed by atoms with Gasteiger partial charge in [0.1, 0.15) is 23.7 Å². The molecule has 0 amide bonds. The van der Waals surface area contributed by atoms with Crippen molar-refractivity contribution in [3.63, 3.8) is 0 Å². The van der Waals surface area contributed by atoms with Crippen molar-refractivity contribution in [2.75, 3.05) is 31.1 Å². The van der Waals surface area contributed by atoms with Crippen LogP contribution in [0.1, 0.15) is 56.6 Å². The lowest BCUT2D eigenvalue weighted by Crippen LogP contribution is -2.25. The van der Waals surface area contributed by atoms with Crippen molar-refractivity contribution in [2.45, 2.75) is 57.1 Å². The highest BCUT2D eigenvalue weighted by atomic mass is 32.2. The highest BCUT2D eigenvalue weighted by molar-refractivity contribution is 7.94. The number of fused-ring (bicyclic) bond motifs is 1. The maximum Gasteiger partial charge on any atom is 0.237 e. The van der Waals surface area contributed by atoms with E-state index in [0.29, 0.717) is 56.6 Å². The second-order valence-corrected chi connectivity index (χ2v) is 12.3. The number of nitrogens with one attached hydrogen (secondary N) is 1. The van der Waals surface area contributed by atoms with Gasteiger partial charge in [0.05, 0.1) is 30.0 Å². The molecular formula is C30H34N3O5S. The van der Waals surface area contributed by atoms with Crippen molar-refractivity contribution in [1.82, 2.24) is 4.57 Å². The van der Waals surface area contributed by atoms with E-state index >= 15 is 0 Å². The Bertz CT molecular complexity index is 1460. The average Bonchev–Trinajstić information content (AvgIpc) is 3.22. The SMILES string of the molecule is N#Cc1c(-c2ccc(NS(=O)(=O)[CH]C3CCOCC3)cc2)n(C2CCC2)c2cc(OC3CCOCC3)ccc12. The number of aromatic nitrogens is 1. The zero-order valence-electron chi connectivity index (χ0n) is 22.0. The van der Waals surface area contributed by atoms with Gasteiger partial charge in [-0.15, -0.1) is 0 Å². The molecule has 3 aliphatic rings. The normalized spacial score (nSPS) is 19.5. The average molecular weight is 549 g/mol. The van der Waals surface area contributed by atoms with E-state index in [1.54, 1.807) is 12.1 Å². The molecule has 0 unspecified atom stereocenters. The Morgan fingerprint density at radius 2 is 1.64 bits per heavy atom. The third-order valence-electron chi connectivity index (χ3n) is 8.05. The van der Waals surface area contributed by atoms with Crippen LogP contribution in [0.25, 0.3) is 22.2 Å². The fourth-order valence-corrected chi connectivity index (χ4v) is 7.08. The Labute approximate surface area is 229 Å². The summed E-state index contributed by atoms with van der Waals surface area (Å²) in [7, 11) is -3.59. The van der Waals surface area contributed by atoms with Gasteiger partial charge in [0, 0.05) is 49.2 Å². The molecule has 9 heteroatoms. The van der Waals surface area contributed by atoms with Gasteiger partial charge in [-0.3, -0.25) is 4.72 Å². The zero-order valence-corrected chi connectivity index (χ0v) is 22.8. The maximum atomic E-state index is 12.7. The van der Waals surface area contributed by atoms with Gasteiger partial charge in [0.2, 0.25) is 10.0 Å². The molecule has 205 valence electrons. The molecule has 1 radical (unpaired) electrons. The van der Waals surface area contributed by atoms with Gasteiger partial charge in [0.15, 0.2) is 0 Å². The summed E-state index contributed by atoms with van der Waals surface area (Å²) in [5.41, 5.74) is 3.91. The van der Waals surface area contributed by atoms with Crippen molar-refractivity contribution < 1.29 is 22.6 Å². The first kappa shape index (κ1) is 26.2. The molecular weight excluding hydrogens is 514 g/mol. The molecule has 6 rings (SSSR count). The Balaban J connectivity index is 1.30. The first-order valence-corrected chi connectivity index (χ1v) is 15.4. The molecule has 0 atom stereocenters. The van der Waals surface area contributed by atoms with E-state index in [0.717, 1.165) is 60.0 Å². The van der Waals surface area contributed by atoms with Crippen LogP contribution in [0, 0.1) is 23.0 Å². The minimum Gasteiger partial charge on any atom is -0.490 e. The molecule has 39 heavy (non-hydrogen) atoms. The first-order valence-electron chi connectivity index (χ1n) is 13.9. The molecule has 1 aromatic heterocycles. The van der Waals surface area contributed by atoms with Crippen molar-refractivity contribution in [3.8, 4) is 23.1 Å². The Kier molecular flexibility index (Phi) is 7.52. The standard InChI is InChI=1S/C30H34N3O5S/c31-19-28-27-9-8-26(38-25-12-16-37-17-13-25)18-29(27)33(24-2-1-3-24)30(28)22-4-6-23(7-5-22)32-39(34,35)20-21-10-14-36-15-11-21/h4-9,18,20-21,24-25,32H,1-3,10-17H2. The monoisotopic (exact) mass is 548 g/mol. The van der Waals surface area contributed by atoms with Crippen LogP contribution < -0.4 is 9.46 Å². The van der Waals surface area contributed by atoms with Crippen LogP contribution in [0.2, 0.25) is 0 Å². The predicted molar refractivity (Wildman–Crippen MR) is 150 cm³/mol. The maximum absolute atomic E-state index is 12.7. The second-order valence-electron chi connectivity index (χ2n) is 10.7. The van der Waals surface area contributed by atoms with Gasteiger partial charge in [-0.1, -0.05) is 12.1 Å². The summed E-state index contributed by atoms with van der Waals surface area (Å²) < 4.78 is 47.6. The lowest BCUT2D eigenvalue weighted by Gasteiger charge is -2.30. The van der Waals surface area contributed by atoms with E-state index in [2.05, 4.69) is 21.4 Å². The lowest BCUT2D eigenvalue weighted by atomic mass is 9.92. The fraction of sp³-hybridized carbons (Fsp3) is 0.467. The zero-order chi connectivity index (χ0) is 26.8. The number of benzene rings is 2. The van der Waals surface area contributed by atoms with E-state index in [9.17, 15) is 13.7 Å². The minimum absolute atomic E-state index is 0.00721. The van der Waals surface area contributed by atoms with Crippen LogP contribution in [0.15, 0.2) is 42.5 Å². The summed E-state index contributed by atoms with van der Waals surface area (Å²) in [4.78, 5) is 0. The van der Waals surface area contributed by atoms with Crippen LogP contribution in [0.4, 0.5) is 5.69 Å². The van der Waals surface area contributed by atoms with Crippen LogP contribution in [0.3, 0.4) is 0 Å². The smallest absolute Gasteiger partial charge is 0.237 e. The van der Waals surface area contributed by atoms with Crippen LogP contribution in [-0.2, 0) is 19.5 Å². The molecule has 2 saturated heterocycles. The van der Waals surface area contributed by atoms with Gasteiger partial charge < -0.3 is 18.8 Å². The molecule has 3 fully saturated rings. The summed E-state index contributed by atoms with van der Waals surface area (Å²) in [6.45, 7) is 2.61. The summed E-state index contributed by atoms with van der Waals surface area (Å²) in [6, 6.07) is 16.1. The lowest BCUT2D eigenvalue weighted by molar-refractivity contribution is 0.0256. The number of rotatable bonds is 8. The Morgan fingerprint density at radius 1 is 0.949 bits per heavy atom. The number of nitrogens with zero attached hydrogens (tertiary/aromatic N) is 2. The van der Waals surface area contributed by atoms with Gasteiger partial charge in [0.25, 0.3) is 0 Å². The molecule has 3 heterocycles. The van der Waals surface area contributed by atoms with Crippen molar-refractivity contribution in [3.05, 3.63) is 53.8 Å². The van der Waals surface area contributed by atoms with Crippen LogP contribution >= 0.6 is 0 Å². The Hall–Kier alpha value is -3.06. The highest BCUT2D eigenvalue weighted by Crippen LogP contribution is 2.43. The predicted octanol–water partition coefficient (Wildman–Crippen LogP) is 5.79. The third kappa shape index (κ3) is 5.65. The van der Waals surface area contributed by atoms with E-state index in [1.165, 1.54) is 5.75 Å². The first-order chi connectivity index (χ1) is 19.0. The summed E-state index contributed by atoms with van der Waals surface area (Å²) in [5, 5.41) is 11.2. The quantitative estimate of drug-likeness (QED) is 0.382. The van der Waals surface area contributed by atoms with E-state index in [-0.39, 0.29) is 12.0 Å².